The molecule has 0 spiro atoms. The molecule has 0 aliphatic heterocycles. The summed E-state index contributed by atoms with van der Waals surface area (Å²) in [6.45, 7) is 3.43. The topological polar surface area (TPSA) is 81.6 Å². The number of hydrogen-bond acceptors (Lipinski definition) is 5. The van der Waals surface area contributed by atoms with Crippen LogP contribution < -0.4 is 15.4 Å². The third-order valence-corrected chi connectivity index (χ3v) is 2.57. The number of anilines is 1. The minimum atomic E-state index is -0.403. The van der Waals surface area contributed by atoms with Gasteiger partial charge in [0.25, 0.3) is 0 Å². The van der Waals surface area contributed by atoms with E-state index >= 15 is 0 Å². The number of ether oxygens (including phenoxy) is 1. The van der Waals surface area contributed by atoms with Crippen LogP contribution in [0.15, 0.2) is 18.2 Å². The van der Waals surface area contributed by atoms with Crippen molar-refractivity contribution in [3.05, 3.63) is 28.3 Å². The van der Waals surface area contributed by atoms with E-state index in [2.05, 4.69) is 0 Å². The van der Waals surface area contributed by atoms with Crippen molar-refractivity contribution >= 4 is 11.4 Å². The number of hydrogen-bond donors (Lipinski definition) is 1. The van der Waals surface area contributed by atoms with Crippen LogP contribution in [0.5, 0.6) is 5.75 Å². The van der Waals surface area contributed by atoms with Crippen molar-refractivity contribution in [3.63, 3.8) is 0 Å². The molecule has 2 N–H and O–H groups in total. The molecule has 0 atom stereocenters. The van der Waals surface area contributed by atoms with E-state index in [0.29, 0.717) is 31.1 Å². The zero-order valence-corrected chi connectivity index (χ0v) is 10.8. The van der Waals surface area contributed by atoms with Crippen LogP contribution in [-0.4, -0.2) is 31.7 Å². The van der Waals surface area contributed by atoms with Crippen molar-refractivity contribution in [2.45, 2.75) is 13.3 Å². The van der Waals surface area contributed by atoms with E-state index in [1.54, 1.807) is 25.1 Å². The molecule has 0 aromatic heterocycles. The molecule has 0 unspecified atom stereocenters. The largest absolute Gasteiger partial charge is 0.487 e. The highest BCUT2D eigenvalue weighted by Gasteiger charge is 2.22. The third-order valence-electron chi connectivity index (χ3n) is 2.57. The Balaban J connectivity index is 3.09. The SMILES string of the molecule is CCOc1cccc(N(C)CCCN)c1[N+](=O)[O-]. The molecule has 1 aromatic carbocycles. The van der Waals surface area contributed by atoms with E-state index in [4.69, 9.17) is 10.5 Å². The van der Waals surface area contributed by atoms with Crippen LogP contribution in [0.25, 0.3) is 0 Å². The predicted octanol–water partition coefficient (Wildman–Crippen LogP) is 1.78. The molecule has 0 saturated heterocycles. The average Bonchev–Trinajstić information content (AvgIpc) is 2.35. The van der Waals surface area contributed by atoms with Crippen LogP contribution in [0.3, 0.4) is 0 Å². The second kappa shape index (κ2) is 6.80. The molecule has 1 rings (SSSR count). The second-order valence-corrected chi connectivity index (χ2v) is 3.88. The molecule has 6 heteroatoms. The lowest BCUT2D eigenvalue weighted by Gasteiger charge is -2.19. The van der Waals surface area contributed by atoms with E-state index in [0.717, 1.165) is 6.42 Å². The Morgan fingerprint density at radius 3 is 2.78 bits per heavy atom. The van der Waals surface area contributed by atoms with Gasteiger partial charge in [-0.3, -0.25) is 10.1 Å². The summed E-state index contributed by atoms with van der Waals surface area (Å²) in [5.41, 5.74) is 6.01. The second-order valence-electron chi connectivity index (χ2n) is 3.88. The molecule has 0 bridgehead atoms. The van der Waals surface area contributed by atoms with Crippen LogP contribution in [0.1, 0.15) is 13.3 Å². The molecule has 6 nitrogen and oxygen atoms in total. The molecule has 100 valence electrons. The van der Waals surface area contributed by atoms with Gasteiger partial charge < -0.3 is 15.4 Å². The van der Waals surface area contributed by atoms with Gasteiger partial charge in [0.1, 0.15) is 5.69 Å². The highest BCUT2D eigenvalue weighted by molar-refractivity contribution is 5.69. The summed E-state index contributed by atoms with van der Waals surface area (Å²) >= 11 is 0. The van der Waals surface area contributed by atoms with Crippen LogP contribution in [-0.2, 0) is 0 Å². The van der Waals surface area contributed by atoms with Gasteiger partial charge in [-0.1, -0.05) is 6.07 Å². The first kappa shape index (κ1) is 14.2. The van der Waals surface area contributed by atoms with Gasteiger partial charge in [-0.25, -0.2) is 0 Å². The Hall–Kier alpha value is -1.82. The first-order valence-corrected chi connectivity index (χ1v) is 5.93. The molecule has 0 heterocycles. The zero-order valence-electron chi connectivity index (χ0n) is 10.8. The first-order valence-electron chi connectivity index (χ1n) is 5.93. The van der Waals surface area contributed by atoms with E-state index in [1.165, 1.54) is 0 Å². The fraction of sp³-hybridized carbons (Fsp3) is 0.500. The standard InChI is InChI=1S/C12H19N3O3/c1-3-18-11-7-4-6-10(12(11)15(16)17)14(2)9-5-8-13/h4,6-7H,3,5,8-9,13H2,1-2H3. The maximum atomic E-state index is 11.2. The summed E-state index contributed by atoms with van der Waals surface area (Å²) in [5.74, 6) is 0.305. The van der Waals surface area contributed by atoms with Gasteiger partial charge in [-0.2, -0.15) is 0 Å². The number of para-hydroxylation sites is 1. The summed E-state index contributed by atoms with van der Waals surface area (Å²) in [6.07, 6.45) is 0.784. The monoisotopic (exact) mass is 253 g/mol. The van der Waals surface area contributed by atoms with Gasteiger partial charge in [0.05, 0.1) is 11.5 Å². The van der Waals surface area contributed by atoms with Crippen molar-refractivity contribution in [2.75, 3.05) is 31.6 Å². The Morgan fingerprint density at radius 1 is 1.50 bits per heavy atom. The molecule has 1 aromatic rings. The fourth-order valence-corrected chi connectivity index (χ4v) is 1.72. The maximum absolute atomic E-state index is 11.2. The average molecular weight is 253 g/mol. The smallest absolute Gasteiger partial charge is 0.333 e. The summed E-state index contributed by atoms with van der Waals surface area (Å²) in [7, 11) is 1.81. The van der Waals surface area contributed by atoms with Crippen LogP contribution in [0.2, 0.25) is 0 Å². The van der Waals surface area contributed by atoms with Crippen molar-refractivity contribution in [1.82, 2.24) is 0 Å². The number of rotatable bonds is 7. The van der Waals surface area contributed by atoms with Crippen LogP contribution >= 0.6 is 0 Å². The van der Waals surface area contributed by atoms with E-state index in [-0.39, 0.29) is 5.69 Å². The maximum Gasteiger partial charge on any atom is 0.333 e. The molecule has 18 heavy (non-hydrogen) atoms. The molecule has 0 aliphatic carbocycles. The Labute approximate surface area is 106 Å². The fourth-order valence-electron chi connectivity index (χ4n) is 1.72. The Kier molecular flexibility index (Phi) is 5.38. The van der Waals surface area contributed by atoms with Crippen molar-refractivity contribution in [1.29, 1.82) is 0 Å². The number of benzene rings is 1. The quantitative estimate of drug-likeness (QED) is 0.591. The lowest BCUT2D eigenvalue weighted by molar-refractivity contribution is -0.385. The van der Waals surface area contributed by atoms with Gasteiger partial charge in [0, 0.05) is 13.6 Å². The van der Waals surface area contributed by atoms with Crippen molar-refractivity contribution in [2.24, 2.45) is 5.73 Å². The normalized spacial score (nSPS) is 10.2. The number of nitrogens with two attached hydrogens (primary N) is 1. The lowest BCUT2D eigenvalue weighted by atomic mass is 10.2. The molecule has 0 amide bonds. The zero-order chi connectivity index (χ0) is 13.5. The lowest BCUT2D eigenvalue weighted by Crippen LogP contribution is -2.22. The highest BCUT2D eigenvalue weighted by atomic mass is 16.6. The molecular formula is C12H19N3O3. The summed E-state index contributed by atoms with van der Waals surface area (Å²) in [5, 5.41) is 11.2. The van der Waals surface area contributed by atoms with Gasteiger partial charge in [-0.05, 0) is 32.0 Å². The van der Waals surface area contributed by atoms with E-state index in [1.807, 2.05) is 11.9 Å². The van der Waals surface area contributed by atoms with Crippen LogP contribution in [0.4, 0.5) is 11.4 Å². The van der Waals surface area contributed by atoms with Gasteiger partial charge in [-0.15, -0.1) is 0 Å². The van der Waals surface area contributed by atoms with Crippen LogP contribution in [0, 0.1) is 10.1 Å². The number of nitro benzene ring substituents is 1. The minimum Gasteiger partial charge on any atom is -0.487 e. The molecule has 0 radical (unpaired) electrons. The van der Waals surface area contributed by atoms with Crippen molar-refractivity contribution < 1.29 is 9.66 Å². The van der Waals surface area contributed by atoms with Crippen molar-refractivity contribution in [3.8, 4) is 5.75 Å². The minimum absolute atomic E-state index is 0.0128. The third kappa shape index (κ3) is 3.33. The van der Waals surface area contributed by atoms with E-state index in [9.17, 15) is 10.1 Å². The summed E-state index contributed by atoms with van der Waals surface area (Å²) in [4.78, 5) is 12.6. The van der Waals surface area contributed by atoms with Gasteiger partial charge in [0.15, 0.2) is 5.75 Å². The molecule has 0 fully saturated rings. The molecule has 0 aliphatic rings. The number of nitrogens with zero attached hydrogens (tertiary/aromatic N) is 2. The highest BCUT2D eigenvalue weighted by Crippen LogP contribution is 2.36. The molecular weight excluding hydrogens is 234 g/mol. The summed E-state index contributed by atoms with van der Waals surface area (Å²) < 4.78 is 5.30. The predicted molar refractivity (Wildman–Crippen MR) is 71.2 cm³/mol. The van der Waals surface area contributed by atoms with E-state index < -0.39 is 4.92 Å². The Bertz CT molecular complexity index is 410. The van der Waals surface area contributed by atoms with Gasteiger partial charge >= 0.3 is 5.69 Å². The molecule has 0 saturated carbocycles. The first-order chi connectivity index (χ1) is 8.61. The Morgan fingerprint density at radius 2 is 2.22 bits per heavy atom. The van der Waals surface area contributed by atoms with Gasteiger partial charge in [0.2, 0.25) is 0 Å². The number of nitro groups is 1. The summed E-state index contributed by atoms with van der Waals surface area (Å²) in [6, 6.07) is 5.09.